The van der Waals surface area contributed by atoms with E-state index in [9.17, 15) is 0 Å². The summed E-state index contributed by atoms with van der Waals surface area (Å²) >= 11 is 0. The number of hydrogen-bond donors (Lipinski definition) is 0. The summed E-state index contributed by atoms with van der Waals surface area (Å²) in [4.78, 5) is 4.99. The normalized spacial score (nSPS) is 32.8. The first-order chi connectivity index (χ1) is 6.74. The Bertz CT molecular complexity index is 167. The molecule has 2 bridgehead atoms. The van der Waals surface area contributed by atoms with E-state index in [1.807, 2.05) is 0 Å². The largest absolute Gasteiger partial charge is 0.309 e. The van der Waals surface area contributed by atoms with Gasteiger partial charge in [0.25, 0.3) is 0 Å². The number of hydrogen-bond acceptors (Lipinski definition) is 2. The molecule has 0 spiro atoms. The van der Waals surface area contributed by atoms with E-state index in [1.54, 1.807) is 0 Å². The average molecular weight is 196 g/mol. The SMILES string of the molecule is CN(C)CCCN1CC2CCC(C2)C1. The Balaban J connectivity index is 1.67. The molecule has 2 fully saturated rings. The lowest BCUT2D eigenvalue weighted by Crippen LogP contribution is -2.37. The highest BCUT2D eigenvalue weighted by molar-refractivity contribution is 4.85. The third kappa shape index (κ3) is 2.71. The van der Waals surface area contributed by atoms with Crippen LogP contribution in [0, 0.1) is 11.8 Å². The molecule has 2 aliphatic rings. The van der Waals surface area contributed by atoms with Crippen LogP contribution in [0.5, 0.6) is 0 Å². The van der Waals surface area contributed by atoms with Crippen LogP contribution in [0.2, 0.25) is 0 Å². The van der Waals surface area contributed by atoms with Crippen LogP contribution < -0.4 is 0 Å². The zero-order valence-corrected chi connectivity index (χ0v) is 9.71. The van der Waals surface area contributed by atoms with Crippen molar-refractivity contribution < 1.29 is 0 Å². The first kappa shape index (κ1) is 10.4. The van der Waals surface area contributed by atoms with E-state index in [0.717, 1.165) is 11.8 Å². The molecule has 1 saturated carbocycles. The van der Waals surface area contributed by atoms with Crippen LogP contribution in [0.3, 0.4) is 0 Å². The third-order valence-electron chi connectivity index (χ3n) is 3.76. The molecule has 2 unspecified atom stereocenters. The Morgan fingerprint density at radius 3 is 2.36 bits per heavy atom. The fraction of sp³-hybridized carbons (Fsp3) is 1.00. The Kier molecular flexibility index (Phi) is 3.45. The summed E-state index contributed by atoms with van der Waals surface area (Å²) in [6, 6.07) is 0. The van der Waals surface area contributed by atoms with Crippen LogP contribution in [0.15, 0.2) is 0 Å². The molecule has 0 aromatic heterocycles. The zero-order chi connectivity index (χ0) is 9.97. The second kappa shape index (κ2) is 4.63. The summed E-state index contributed by atoms with van der Waals surface area (Å²) in [5, 5.41) is 0. The molecule has 0 radical (unpaired) electrons. The quantitative estimate of drug-likeness (QED) is 0.675. The first-order valence-corrected chi connectivity index (χ1v) is 6.11. The summed E-state index contributed by atoms with van der Waals surface area (Å²) in [6.07, 6.45) is 5.89. The number of likely N-dealkylation sites (tertiary alicyclic amines) is 1. The maximum Gasteiger partial charge on any atom is 0.000989 e. The molecule has 2 rings (SSSR count). The van der Waals surface area contributed by atoms with Gasteiger partial charge in [-0.2, -0.15) is 0 Å². The minimum atomic E-state index is 1.05. The molecular weight excluding hydrogens is 172 g/mol. The van der Waals surface area contributed by atoms with Gasteiger partial charge in [0.05, 0.1) is 0 Å². The standard InChI is InChI=1S/C12H24N2/c1-13(2)6-3-7-14-9-11-4-5-12(8-11)10-14/h11-12H,3-10H2,1-2H3. The molecule has 82 valence electrons. The van der Waals surface area contributed by atoms with E-state index >= 15 is 0 Å². The van der Waals surface area contributed by atoms with Crippen LogP contribution in [0.25, 0.3) is 0 Å². The summed E-state index contributed by atoms with van der Waals surface area (Å²) in [5.74, 6) is 2.10. The van der Waals surface area contributed by atoms with E-state index in [0.29, 0.717) is 0 Å². The summed E-state index contributed by atoms with van der Waals surface area (Å²) in [7, 11) is 4.33. The molecule has 2 heteroatoms. The molecule has 0 amide bonds. The number of rotatable bonds is 4. The van der Waals surface area contributed by atoms with Gasteiger partial charge >= 0.3 is 0 Å². The Morgan fingerprint density at radius 2 is 1.79 bits per heavy atom. The number of piperidine rings is 1. The average Bonchev–Trinajstić information content (AvgIpc) is 2.45. The minimum Gasteiger partial charge on any atom is -0.309 e. The van der Waals surface area contributed by atoms with Gasteiger partial charge in [0, 0.05) is 13.1 Å². The molecule has 0 aromatic carbocycles. The monoisotopic (exact) mass is 196 g/mol. The van der Waals surface area contributed by atoms with Crippen molar-refractivity contribution in [1.29, 1.82) is 0 Å². The Morgan fingerprint density at radius 1 is 1.14 bits per heavy atom. The second-order valence-corrected chi connectivity index (χ2v) is 5.46. The first-order valence-electron chi connectivity index (χ1n) is 6.11. The van der Waals surface area contributed by atoms with Gasteiger partial charge in [-0.25, -0.2) is 0 Å². The fourth-order valence-electron chi connectivity index (χ4n) is 3.11. The molecule has 0 N–H and O–H groups in total. The number of nitrogens with zero attached hydrogens (tertiary/aromatic N) is 2. The lowest BCUT2D eigenvalue weighted by molar-refractivity contribution is 0.162. The van der Waals surface area contributed by atoms with Gasteiger partial charge in [0.15, 0.2) is 0 Å². The van der Waals surface area contributed by atoms with E-state index in [4.69, 9.17) is 0 Å². The molecule has 0 aromatic rings. The van der Waals surface area contributed by atoms with Crippen molar-refractivity contribution in [3.63, 3.8) is 0 Å². The van der Waals surface area contributed by atoms with Gasteiger partial charge in [0.1, 0.15) is 0 Å². The van der Waals surface area contributed by atoms with E-state index in [2.05, 4.69) is 23.9 Å². The number of fused-ring (bicyclic) bond motifs is 2. The molecule has 1 heterocycles. The maximum atomic E-state index is 2.70. The molecule has 2 atom stereocenters. The molecule has 14 heavy (non-hydrogen) atoms. The van der Waals surface area contributed by atoms with Crippen molar-refractivity contribution in [3.8, 4) is 0 Å². The summed E-state index contributed by atoms with van der Waals surface area (Å²) in [6.45, 7) is 5.35. The van der Waals surface area contributed by atoms with Gasteiger partial charge < -0.3 is 9.80 Å². The van der Waals surface area contributed by atoms with Crippen molar-refractivity contribution in [2.75, 3.05) is 40.3 Å². The molecule has 1 aliphatic heterocycles. The Hall–Kier alpha value is -0.0800. The van der Waals surface area contributed by atoms with Crippen molar-refractivity contribution in [2.45, 2.75) is 25.7 Å². The van der Waals surface area contributed by atoms with Crippen molar-refractivity contribution in [1.82, 2.24) is 9.80 Å². The Labute approximate surface area is 88.3 Å². The van der Waals surface area contributed by atoms with Crippen LogP contribution >= 0.6 is 0 Å². The van der Waals surface area contributed by atoms with Gasteiger partial charge in [-0.1, -0.05) is 0 Å². The maximum absolute atomic E-state index is 2.70. The van der Waals surface area contributed by atoms with E-state index in [1.165, 1.54) is 51.9 Å². The van der Waals surface area contributed by atoms with Crippen LogP contribution in [0.4, 0.5) is 0 Å². The summed E-state index contributed by atoms with van der Waals surface area (Å²) in [5.41, 5.74) is 0. The van der Waals surface area contributed by atoms with Crippen LogP contribution in [-0.4, -0.2) is 50.1 Å². The highest BCUT2D eigenvalue weighted by Crippen LogP contribution is 2.36. The molecule has 1 saturated heterocycles. The smallest absolute Gasteiger partial charge is 0.000989 e. The van der Waals surface area contributed by atoms with Gasteiger partial charge in [-0.3, -0.25) is 0 Å². The lowest BCUT2D eigenvalue weighted by atomic mass is 9.99. The highest BCUT2D eigenvalue weighted by atomic mass is 15.1. The van der Waals surface area contributed by atoms with Gasteiger partial charge in [-0.05, 0) is 64.7 Å². The molecule has 1 aliphatic carbocycles. The van der Waals surface area contributed by atoms with Gasteiger partial charge in [0.2, 0.25) is 0 Å². The zero-order valence-electron chi connectivity index (χ0n) is 9.71. The van der Waals surface area contributed by atoms with E-state index < -0.39 is 0 Å². The van der Waals surface area contributed by atoms with Gasteiger partial charge in [-0.15, -0.1) is 0 Å². The molecule has 2 nitrogen and oxygen atoms in total. The lowest BCUT2D eigenvalue weighted by Gasteiger charge is -2.31. The van der Waals surface area contributed by atoms with Crippen molar-refractivity contribution >= 4 is 0 Å². The predicted octanol–water partition coefficient (Wildman–Crippen LogP) is 1.67. The molecular formula is C12H24N2. The van der Waals surface area contributed by atoms with Crippen LogP contribution in [0.1, 0.15) is 25.7 Å². The minimum absolute atomic E-state index is 1.05. The fourth-order valence-corrected chi connectivity index (χ4v) is 3.11. The van der Waals surface area contributed by atoms with Crippen molar-refractivity contribution in [3.05, 3.63) is 0 Å². The van der Waals surface area contributed by atoms with E-state index in [-0.39, 0.29) is 0 Å². The predicted molar refractivity (Wildman–Crippen MR) is 60.4 cm³/mol. The van der Waals surface area contributed by atoms with Crippen molar-refractivity contribution in [2.24, 2.45) is 11.8 Å². The second-order valence-electron chi connectivity index (χ2n) is 5.46. The van der Waals surface area contributed by atoms with Crippen LogP contribution in [-0.2, 0) is 0 Å². The topological polar surface area (TPSA) is 6.48 Å². The summed E-state index contributed by atoms with van der Waals surface area (Å²) < 4.78 is 0. The highest BCUT2D eigenvalue weighted by Gasteiger charge is 2.32. The third-order valence-corrected chi connectivity index (χ3v) is 3.76.